The van der Waals surface area contributed by atoms with Gasteiger partial charge in [-0.25, -0.2) is 4.79 Å². The van der Waals surface area contributed by atoms with Gasteiger partial charge in [-0.3, -0.25) is 4.98 Å². The number of fused-ring (bicyclic) bond motifs is 1. The molecular formula is C26H27N3O5. The van der Waals surface area contributed by atoms with Crippen molar-refractivity contribution in [3.8, 4) is 28.0 Å². The highest BCUT2D eigenvalue weighted by Crippen LogP contribution is 2.36. The minimum Gasteiger partial charge on any atom is -0.496 e. The highest BCUT2D eigenvalue weighted by atomic mass is 16.5. The van der Waals surface area contributed by atoms with Crippen LogP contribution in [0.1, 0.15) is 34.7 Å². The number of carboxylic acids is 1. The molecule has 0 spiro atoms. The van der Waals surface area contributed by atoms with Gasteiger partial charge in [0.05, 0.1) is 23.8 Å². The topological polar surface area (TPSA) is 99.6 Å². The molecule has 1 saturated heterocycles. The lowest BCUT2D eigenvalue weighted by atomic mass is 10.0. The van der Waals surface area contributed by atoms with Crippen molar-refractivity contribution in [2.75, 3.05) is 20.3 Å². The second-order valence-corrected chi connectivity index (χ2v) is 8.76. The zero-order valence-corrected chi connectivity index (χ0v) is 19.5. The summed E-state index contributed by atoms with van der Waals surface area (Å²) in [5, 5.41) is 13.6. The number of carboxylic acid groups (broad SMARTS) is 1. The predicted molar refractivity (Wildman–Crippen MR) is 127 cm³/mol. The van der Waals surface area contributed by atoms with Crippen molar-refractivity contribution >= 4 is 17.0 Å². The van der Waals surface area contributed by atoms with E-state index < -0.39 is 5.97 Å². The summed E-state index contributed by atoms with van der Waals surface area (Å²) in [7, 11) is 1.48. The first-order valence-corrected chi connectivity index (χ1v) is 11.4. The van der Waals surface area contributed by atoms with Gasteiger partial charge < -0.3 is 23.7 Å². The zero-order chi connectivity index (χ0) is 23.8. The van der Waals surface area contributed by atoms with Crippen LogP contribution in [0.5, 0.6) is 5.75 Å². The number of nitrogens with zero attached hydrogens (tertiary/aromatic N) is 3. The molecule has 0 bridgehead atoms. The number of carbonyl (C=O) groups is 1. The van der Waals surface area contributed by atoms with Crippen molar-refractivity contribution in [2.45, 2.75) is 33.2 Å². The number of hydrogen-bond acceptors (Lipinski definition) is 6. The molecule has 8 nitrogen and oxygen atoms in total. The van der Waals surface area contributed by atoms with E-state index in [0.717, 1.165) is 77.3 Å². The van der Waals surface area contributed by atoms with E-state index in [-0.39, 0.29) is 5.56 Å². The number of aromatic carboxylic acids is 1. The fraction of sp³-hybridized carbons (Fsp3) is 0.346. The van der Waals surface area contributed by atoms with Gasteiger partial charge in [0.25, 0.3) is 0 Å². The second kappa shape index (κ2) is 8.95. The van der Waals surface area contributed by atoms with Crippen molar-refractivity contribution in [1.82, 2.24) is 14.7 Å². The molecule has 0 aliphatic carbocycles. The lowest BCUT2D eigenvalue weighted by Crippen LogP contribution is -2.20. The maximum Gasteiger partial charge on any atom is 0.339 e. The summed E-state index contributed by atoms with van der Waals surface area (Å²) in [6.07, 6.45) is 6.00. The molecule has 3 aromatic heterocycles. The number of aryl methyl sites for hydroxylation is 2. The smallest absolute Gasteiger partial charge is 0.339 e. The van der Waals surface area contributed by atoms with Crippen molar-refractivity contribution < 1.29 is 23.9 Å². The molecule has 1 N–H and O–H groups in total. The van der Waals surface area contributed by atoms with Crippen LogP contribution in [0.15, 0.2) is 41.2 Å². The normalized spacial score (nSPS) is 14.6. The Morgan fingerprint density at radius 3 is 2.68 bits per heavy atom. The van der Waals surface area contributed by atoms with E-state index >= 15 is 0 Å². The van der Waals surface area contributed by atoms with Gasteiger partial charge in [0, 0.05) is 48.8 Å². The van der Waals surface area contributed by atoms with Crippen LogP contribution in [0.25, 0.3) is 33.3 Å². The molecule has 1 fully saturated rings. The van der Waals surface area contributed by atoms with E-state index in [1.54, 1.807) is 12.1 Å². The molecule has 4 heterocycles. The molecule has 1 aromatic carbocycles. The van der Waals surface area contributed by atoms with Gasteiger partial charge in [0.15, 0.2) is 0 Å². The molecule has 176 valence electrons. The number of hydrogen-bond donors (Lipinski definition) is 1. The molecular weight excluding hydrogens is 434 g/mol. The highest BCUT2D eigenvalue weighted by molar-refractivity contribution is 5.97. The first kappa shape index (κ1) is 22.2. The SMILES string of the molecule is COc1cc(-c2cn(CC3CCOCC3)c3cc(-c4c(C)noc4C)cnc23)ccc1C(=O)O. The fourth-order valence-electron chi connectivity index (χ4n) is 4.80. The first-order chi connectivity index (χ1) is 16.5. The number of methoxy groups -OCH3 is 1. The van der Waals surface area contributed by atoms with Gasteiger partial charge >= 0.3 is 5.97 Å². The Morgan fingerprint density at radius 2 is 2.00 bits per heavy atom. The highest BCUT2D eigenvalue weighted by Gasteiger charge is 2.21. The summed E-state index contributed by atoms with van der Waals surface area (Å²) in [4.78, 5) is 16.4. The lowest BCUT2D eigenvalue weighted by Gasteiger charge is -2.22. The number of benzene rings is 1. The summed E-state index contributed by atoms with van der Waals surface area (Å²) in [5.74, 6) is 0.578. The third-order valence-corrected chi connectivity index (χ3v) is 6.58. The van der Waals surface area contributed by atoms with Gasteiger partial charge in [-0.2, -0.15) is 0 Å². The van der Waals surface area contributed by atoms with E-state index in [0.29, 0.717) is 11.7 Å². The van der Waals surface area contributed by atoms with Crippen molar-refractivity contribution in [3.63, 3.8) is 0 Å². The average Bonchev–Trinajstić information content (AvgIpc) is 3.37. The summed E-state index contributed by atoms with van der Waals surface area (Å²) in [5.41, 5.74) is 6.54. The molecule has 8 heteroatoms. The number of aromatic nitrogens is 3. The lowest BCUT2D eigenvalue weighted by molar-refractivity contribution is 0.0616. The van der Waals surface area contributed by atoms with Crippen LogP contribution in [-0.4, -0.2) is 46.1 Å². The Hall–Kier alpha value is -3.65. The zero-order valence-electron chi connectivity index (χ0n) is 19.5. The fourth-order valence-corrected chi connectivity index (χ4v) is 4.80. The largest absolute Gasteiger partial charge is 0.496 e. The summed E-state index contributed by atoms with van der Waals surface area (Å²) in [6.45, 7) is 6.26. The number of pyridine rings is 1. The maximum atomic E-state index is 11.6. The second-order valence-electron chi connectivity index (χ2n) is 8.76. The van der Waals surface area contributed by atoms with E-state index in [2.05, 4.69) is 22.0 Å². The number of ether oxygens (including phenoxy) is 2. The van der Waals surface area contributed by atoms with E-state index in [1.165, 1.54) is 7.11 Å². The van der Waals surface area contributed by atoms with E-state index in [9.17, 15) is 9.90 Å². The molecule has 5 rings (SSSR count). The van der Waals surface area contributed by atoms with Crippen LogP contribution in [-0.2, 0) is 11.3 Å². The minimum absolute atomic E-state index is 0.130. The quantitative estimate of drug-likeness (QED) is 0.426. The third-order valence-electron chi connectivity index (χ3n) is 6.58. The van der Waals surface area contributed by atoms with Crippen LogP contribution in [0.2, 0.25) is 0 Å². The van der Waals surface area contributed by atoms with Gasteiger partial charge in [-0.15, -0.1) is 0 Å². The Labute approximate surface area is 197 Å². The van der Waals surface area contributed by atoms with Crippen LogP contribution in [0, 0.1) is 19.8 Å². The first-order valence-electron chi connectivity index (χ1n) is 11.4. The summed E-state index contributed by atoms with van der Waals surface area (Å²) >= 11 is 0. The maximum absolute atomic E-state index is 11.6. The molecule has 0 radical (unpaired) electrons. The standard InChI is InChI=1S/C26H27N3O5/c1-15-24(16(2)34-28-15)19-10-22-25(27-12-19)21(14-29(22)13-17-6-8-33-9-7-17)18-4-5-20(26(30)31)23(11-18)32-3/h4-5,10-12,14,17H,6-9,13H2,1-3H3,(H,30,31). The number of rotatable bonds is 6. The predicted octanol–water partition coefficient (Wildman–Crippen LogP) is 5.11. The Bertz CT molecular complexity index is 1350. The summed E-state index contributed by atoms with van der Waals surface area (Å²) in [6, 6.07) is 7.29. The van der Waals surface area contributed by atoms with Gasteiger partial charge in [-0.1, -0.05) is 11.2 Å². The van der Waals surface area contributed by atoms with Crippen molar-refractivity contribution in [2.24, 2.45) is 5.92 Å². The molecule has 0 atom stereocenters. The van der Waals surface area contributed by atoms with Crippen LogP contribution in [0.3, 0.4) is 0 Å². The Balaban J connectivity index is 1.66. The minimum atomic E-state index is -1.02. The van der Waals surface area contributed by atoms with Crippen LogP contribution < -0.4 is 4.74 Å². The molecule has 0 saturated carbocycles. The summed E-state index contributed by atoms with van der Waals surface area (Å²) < 4.78 is 18.6. The van der Waals surface area contributed by atoms with Crippen LogP contribution in [0.4, 0.5) is 0 Å². The van der Waals surface area contributed by atoms with Gasteiger partial charge in [0.1, 0.15) is 17.1 Å². The van der Waals surface area contributed by atoms with Crippen molar-refractivity contribution in [1.29, 1.82) is 0 Å². The van der Waals surface area contributed by atoms with Crippen molar-refractivity contribution in [3.05, 3.63) is 53.7 Å². The molecule has 1 aliphatic rings. The molecule has 1 aliphatic heterocycles. The monoisotopic (exact) mass is 461 g/mol. The van der Waals surface area contributed by atoms with E-state index in [4.69, 9.17) is 19.0 Å². The van der Waals surface area contributed by atoms with E-state index in [1.807, 2.05) is 26.1 Å². The Kier molecular flexibility index (Phi) is 5.83. The Morgan fingerprint density at radius 1 is 1.21 bits per heavy atom. The molecule has 0 unspecified atom stereocenters. The van der Waals surface area contributed by atoms with Crippen LogP contribution >= 0.6 is 0 Å². The van der Waals surface area contributed by atoms with Gasteiger partial charge in [-0.05, 0) is 56.4 Å². The molecule has 34 heavy (non-hydrogen) atoms. The molecule has 4 aromatic rings. The van der Waals surface area contributed by atoms with Gasteiger partial charge in [0.2, 0.25) is 0 Å². The molecule has 0 amide bonds. The average molecular weight is 462 g/mol. The third kappa shape index (κ3) is 3.94.